The lowest BCUT2D eigenvalue weighted by Crippen LogP contribution is -2.41. The fraction of sp³-hybridized carbons (Fsp3) is 0. The molecule has 0 spiro atoms. The molecule has 0 saturated carbocycles. The highest BCUT2D eigenvalue weighted by molar-refractivity contribution is 7.86. The van der Waals surface area contributed by atoms with Crippen molar-refractivity contribution in [1.82, 2.24) is 5.06 Å². The first kappa shape index (κ1) is 16.2. The van der Waals surface area contributed by atoms with Crippen molar-refractivity contribution in [2.45, 2.75) is 4.90 Å². The zero-order chi connectivity index (χ0) is 18.5. The van der Waals surface area contributed by atoms with E-state index in [0.717, 1.165) is 0 Å². The monoisotopic (exact) mass is 368 g/mol. The molecule has 3 aromatic rings. The van der Waals surface area contributed by atoms with Crippen molar-refractivity contribution in [3.63, 3.8) is 0 Å². The number of hydrogen-bond acceptors (Lipinski definition) is 6. The molecule has 0 aromatic heterocycles. The summed E-state index contributed by atoms with van der Waals surface area (Å²) in [6.07, 6.45) is 0. The molecule has 0 saturated heterocycles. The number of carbonyl (C=O) groups is 2. The third-order valence-corrected chi connectivity index (χ3v) is 5.27. The Hall–Kier alpha value is -3.23. The molecule has 1 aliphatic rings. The molecule has 7 nitrogen and oxygen atoms in total. The normalized spacial score (nSPS) is 14.1. The Morgan fingerprint density at radius 3 is 1.88 bits per heavy atom. The van der Waals surface area contributed by atoms with E-state index in [4.69, 9.17) is 10.0 Å². The second kappa shape index (κ2) is 5.65. The minimum atomic E-state index is -4.39. The van der Waals surface area contributed by atoms with Crippen LogP contribution in [-0.2, 0) is 14.4 Å². The van der Waals surface area contributed by atoms with Crippen LogP contribution in [0.5, 0.6) is 0 Å². The zero-order valence-electron chi connectivity index (χ0n) is 13.2. The number of nitrogens with two attached hydrogens (primary N) is 1. The van der Waals surface area contributed by atoms with E-state index in [1.54, 1.807) is 24.3 Å². The van der Waals surface area contributed by atoms with Gasteiger partial charge in [-0.2, -0.15) is 8.42 Å². The van der Waals surface area contributed by atoms with Gasteiger partial charge in [0.15, 0.2) is 0 Å². The molecule has 2 N–H and O–H groups in total. The lowest BCUT2D eigenvalue weighted by atomic mass is 9.95. The molecule has 8 heteroatoms. The summed E-state index contributed by atoms with van der Waals surface area (Å²) in [5.41, 5.74) is 6.31. The van der Waals surface area contributed by atoms with Crippen LogP contribution < -0.4 is 5.73 Å². The van der Waals surface area contributed by atoms with Crippen LogP contribution in [0.2, 0.25) is 0 Å². The summed E-state index contributed by atoms with van der Waals surface area (Å²) < 4.78 is 29.8. The molecule has 26 heavy (non-hydrogen) atoms. The van der Waals surface area contributed by atoms with Crippen molar-refractivity contribution in [1.29, 1.82) is 0 Å². The van der Waals surface area contributed by atoms with Crippen LogP contribution >= 0.6 is 0 Å². The quantitative estimate of drug-likeness (QED) is 0.562. The molecule has 0 bridgehead atoms. The van der Waals surface area contributed by atoms with Crippen LogP contribution in [0.25, 0.3) is 10.8 Å². The third-order valence-electron chi connectivity index (χ3n) is 4.08. The molecule has 130 valence electrons. The van der Waals surface area contributed by atoms with Crippen LogP contribution in [0, 0.1) is 0 Å². The molecule has 4 rings (SSSR count). The average molecular weight is 368 g/mol. The topological polar surface area (TPSA) is 107 Å². The number of nitrogens with zero attached hydrogens (tertiary/aromatic N) is 1. The van der Waals surface area contributed by atoms with Gasteiger partial charge in [0.2, 0.25) is 0 Å². The third kappa shape index (κ3) is 2.43. The molecule has 0 atom stereocenters. The number of imide groups is 1. The Balaban J connectivity index is 1.78. The van der Waals surface area contributed by atoms with Gasteiger partial charge in [-0.25, -0.2) is 0 Å². The molecule has 0 fully saturated rings. The Bertz CT molecular complexity index is 1120. The fourth-order valence-corrected chi connectivity index (χ4v) is 3.74. The highest BCUT2D eigenvalue weighted by Gasteiger charge is 2.37. The number of amides is 2. The number of carbonyl (C=O) groups excluding carboxylic acids is 2. The summed E-state index contributed by atoms with van der Waals surface area (Å²) in [5.74, 6) is -1.67. The van der Waals surface area contributed by atoms with Gasteiger partial charge in [-0.15, -0.1) is 9.35 Å². The van der Waals surface area contributed by atoms with Crippen molar-refractivity contribution in [3.05, 3.63) is 71.8 Å². The molecule has 0 unspecified atom stereocenters. The van der Waals surface area contributed by atoms with Crippen molar-refractivity contribution in [2.24, 2.45) is 0 Å². The lowest BCUT2D eigenvalue weighted by molar-refractivity contribution is -0.0155. The summed E-state index contributed by atoms with van der Waals surface area (Å²) in [4.78, 5) is 25.1. The van der Waals surface area contributed by atoms with Gasteiger partial charge in [-0.3, -0.25) is 9.59 Å². The van der Waals surface area contributed by atoms with Crippen molar-refractivity contribution in [2.75, 3.05) is 5.73 Å². The smallest absolute Gasteiger partial charge is 0.318 e. The molecule has 2 amide bonds. The molecular weight excluding hydrogens is 356 g/mol. The van der Waals surface area contributed by atoms with E-state index < -0.39 is 21.9 Å². The predicted molar refractivity (Wildman–Crippen MR) is 93.6 cm³/mol. The van der Waals surface area contributed by atoms with E-state index in [1.807, 2.05) is 0 Å². The van der Waals surface area contributed by atoms with E-state index in [1.165, 1.54) is 36.4 Å². The molecule has 1 heterocycles. The lowest BCUT2D eigenvalue weighted by Gasteiger charge is -2.25. The summed E-state index contributed by atoms with van der Waals surface area (Å²) in [5, 5.41) is 1.47. The number of benzene rings is 3. The van der Waals surface area contributed by atoms with Crippen molar-refractivity contribution < 1.29 is 22.3 Å². The van der Waals surface area contributed by atoms with Gasteiger partial charge in [0.05, 0.1) is 16.0 Å². The highest BCUT2D eigenvalue weighted by Crippen LogP contribution is 2.31. The van der Waals surface area contributed by atoms with Gasteiger partial charge in [-0.1, -0.05) is 24.3 Å². The first-order chi connectivity index (χ1) is 12.4. The first-order valence-corrected chi connectivity index (χ1v) is 9.00. The van der Waals surface area contributed by atoms with E-state index in [-0.39, 0.29) is 21.1 Å². The van der Waals surface area contributed by atoms with E-state index >= 15 is 0 Å². The van der Waals surface area contributed by atoms with Crippen LogP contribution in [0.1, 0.15) is 20.7 Å². The number of hydrogen-bond donors (Lipinski definition) is 1. The molecule has 3 aromatic carbocycles. The second-order valence-electron chi connectivity index (χ2n) is 5.71. The van der Waals surface area contributed by atoms with Gasteiger partial charge in [0.1, 0.15) is 0 Å². The van der Waals surface area contributed by atoms with Crippen LogP contribution in [-0.4, -0.2) is 25.3 Å². The Morgan fingerprint density at radius 1 is 0.808 bits per heavy atom. The molecule has 1 aliphatic heterocycles. The number of rotatable bonds is 3. The van der Waals surface area contributed by atoms with Gasteiger partial charge in [0, 0.05) is 11.1 Å². The molecule has 0 radical (unpaired) electrons. The summed E-state index contributed by atoms with van der Waals surface area (Å²) >= 11 is 0. The molecular formula is C18H12N2O5S. The van der Waals surface area contributed by atoms with Gasteiger partial charge in [-0.05, 0) is 41.8 Å². The maximum Gasteiger partial charge on any atom is 0.318 e. The largest absolute Gasteiger partial charge is 0.399 e. The standard InChI is InChI=1S/C18H12N2O5S/c19-12-7-9-13(10-8-12)26(23,24)25-20-17(21)14-5-1-3-11-4-2-6-15(16(11)14)18(20)22/h1-10H,19H2. The van der Waals surface area contributed by atoms with Crippen LogP contribution in [0.4, 0.5) is 5.69 Å². The zero-order valence-corrected chi connectivity index (χ0v) is 14.1. The van der Waals surface area contributed by atoms with Gasteiger partial charge >= 0.3 is 10.1 Å². The summed E-state index contributed by atoms with van der Waals surface area (Å²) in [6.45, 7) is 0. The van der Waals surface area contributed by atoms with Gasteiger partial charge in [0.25, 0.3) is 11.8 Å². The van der Waals surface area contributed by atoms with Crippen LogP contribution in [0.3, 0.4) is 0 Å². The number of hydroxylamine groups is 2. The van der Waals surface area contributed by atoms with Crippen LogP contribution in [0.15, 0.2) is 65.6 Å². The number of anilines is 1. The second-order valence-corrected chi connectivity index (χ2v) is 7.24. The minimum absolute atomic E-state index is 0.199. The Labute approximate surface area is 148 Å². The predicted octanol–water partition coefficient (Wildman–Crippen LogP) is 2.34. The maximum atomic E-state index is 12.7. The number of nitrogen functional groups attached to an aromatic ring is 1. The minimum Gasteiger partial charge on any atom is -0.399 e. The SMILES string of the molecule is Nc1ccc(S(=O)(=O)ON2C(=O)c3cccc4cccc(c34)C2=O)cc1. The molecule has 0 aliphatic carbocycles. The maximum absolute atomic E-state index is 12.7. The average Bonchev–Trinajstić information content (AvgIpc) is 2.63. The van der Waals surface area contributed by atoms with Gasteiger partial charge < -0.3 is 5.73 Å². The highest BCUT2D eigenvalue weighted by atomic mass is 32.2. The van der Waals surface area contributed by atoms with E-state index in [9.17, 15) is 18.0 Å². The summed E-state index contributed by atoms with van der Waals surface area (Å²) in [7, 11) is -4.39. The Morgan fingerprint density at radius 2 is 1.35 bits per heavy atom. The first-order valence-electron chi connectivity index (χ1n) is 7.59. The fourth-order valence-electron chi connectivity index (χ4n) is 2.85. The van der Waals surface area contributed by atoms with Crippen molar-refractivity contribution in [3.8, 4) is 0 Å². The Kier molecular flexibility index (Phi) is 3.53. The van der Waals surface area contributed by atoms with Crippen molar-refractivity contribution >= 4 is 38.4 Å². The van der Waals surface area contributed by atoms with E-state index in [0.29, 0.717) is 16.5 Å². The summed E-state index contributed by atoms with van der Waals surface area (Å²) in [6, 6.07) is 15.1. The van der Waals surface area contributed by atoms with E-state index in [2.05, 4.69) is 0 Å².